The fraction of sp³-hybridized carbons (Fsp3) is 0.538. The van der Waals surface area contributed by atoms with Crippen LogP contribution in [-0.4, -0.2) is 54.9 Å². The Balaban J connectivity index is 1.34. The molecule has 0 radical (unpaired) electrons. The van der Waals surface area contributed by atoms with Gasteiger partial charge in [-0.3, -0.25) is 14.7 Å². The second-order valence-corrected chi connectivity index (χ2v) is 9.53. The number of nitrogens with zero attached hydrogens (tertiary/aromatic N) is 6. The van der Waals surface area contributed by atoms with Gasteiger partial charge >= 0.3 is 0 Å². The zero-order valence-electron chi connectivity index (χ0n) is 19.8. The summed E-state index contributed by atoms with van der Waals surface area (Å²) in [7, 11) is 0. The molecule has 1 amide bonds. The van der Waals surface area contributed by atoms with E-state index in [0.717, 1.165) is 80.2 Å². The van der Waals surface area contributed by atoms with Crippen molar-refractivity contribution < 1.29 is 4.79 Å². The molecule has 0 unspecified atom stereocenters. The molecule has 2 aliphatic heterocycles. The van der Waals surface area contributed by atoms with Crippen LogP contribution in [0.25, 0.3) is 5.65 Å². The smallest absolute Gasteiger partial charge is 0.222 e. The van der Waals surface area contributed by atoms with Gasteiger partial charge in [-0.15, -0.1) is 0 Å². The monoisotopic (exact) mass is 446 g/mol. The van der Waals surface area contributed by atoms with E-state index in [0.29, 0.717) is 12.5 Å². The summed E-state index contributed by atoms with van der Waals surface area (Å²) in [5.41, 5.74) is 6.56. The van der Waals surface area contributed by atoms with Crippen LogP contribution in [0.15, 0.2) is 30.6 Å². The number of hydrogen-bond acceptors (Lipinski definition) is 5. The van der Waals surface area contributed by atoms with Crippen molar-refractivity contribution in [2.24, 2.45) is 0 Å². The SMILES string of the molecule is Cc1nc2cc([C@H]3CCCN3Cc3ccncc3)nn2c(C)c1CCC(=O)N1CCCCC1. The molecule has 1 atom stereocenters. The summed E-state index contributed by atoms with van der Waals surface area (Å²) >= 11 is 0. The first-order valence-corrected chi connectivity index (χ1v) is 12.4. The molecule has 0 aromatic carbocycles. The third-order valence-electron chi connectivity index (χ3n) is 7.32. The van der Waals surface area contributed by atoms with Crippen LogP contribution in [0.4, 0.5) is 0 Å². The Bertz CT molecular complexity index is 1120. The molecular weight excluding hydrogens is 412 g/mol. The Kier molecular flexibility index (Phi) is 6.40. The van der Waals surface area contributed by atoms with Crippen LogP contribution < -0.4 is 0 Å². The molecule has 3 aromatic rings. The maximum atomic E-state index is 12.7. The van der Waals surface area contributed by atoms with E-state index in [2.05, 4.69) is 41.9 Å². The van der Waals surface area contributed by atoms with Gasteiger partial charge in [0.05, 0.1) is 11.7 Å². The predicted octanol–water partition coefficient (Wildman–Crippen LogP) is 4.02. The lowest BCUT2D eigenvalue weighted by molar-refractivity contribution is -0.132. The van der Waals surface area contributed by atoms with Gasteiger partial charge in [-0.05, 0) is 82.2 Å². The lowest BCUT2D eigenvalue weighted by atomic mass is 10.0. The van der Waals surface area contributed by atoms with Gasteiger partial charge in [0.25, 0.3) is 0 Å². The Hall–Kier alpha value is -2.80. The predicted molar refractivity (Wildman–Crippen MR) is 128 cm³/mol. The van der Waals surface area contributed by atoms with E-state index in [-0.39, 0.29) is 5.91 Å². The number of pyridine rings is 1. The van der Waals surface area contributed by atoms with Crippen molar-refractivity contribution in [3.8, 4) is 0 Å². The highest BCUT2D eigenvalue weighted by Gasteiger charge is 2.29. The van der Waals surface area contributed by atoms with E-state index in [9.17, 15) is 4.79 Å². The van der Waals surface area contributed by atoms with Crippen molar-refractivity contribution in [1.82, 2.24) is 29.4 Å². The van der Waals surface area contributed by atoms with Gasteiger partial charge in [0, 0.05) is 55.9 Å². The van der Waals surface area contributed by atoms with Crippen LogP contribution in [0, 0.1) is 13.8 Å². The molecule has 3 aromatic heterocycles. The minimum atomic E-state index is 0.271. The summed E-state index contributed by atoms with van der Waals surface area (Å²) in [6, 6.07) is 6.64. The molecule has 7 nitrogen and oxygen atoms in total. The second kappa shape index (κ2) is 9.59. The molecule has 5 heterocycles. The average molecular weight is 447 g/mol. The topological polar surface area (TPSA) is 66.6 Å². The first kappa shape index (κ1) is 22.0. The first-order chi connectivity index (χ1) is 16.1. The van der Waals surface area contributed by atoms with Crippen LogP contribution in [0.3, 0.4) is 0 Å². The molecule has 2 aliphatic rings. The number of rotatable bonds is 6. The number of carbonyl (C=O) groups excluding carboxylic acids is 1. The minimum Gasteiger partial charge on any atom is -0.343 e. The highest BCUT2D eigenvalue weighted by atomic mass is 16.2. The molecule has 2 saturated heterocycles. The Labute approximate surface area is 195 Å². The van der Waals surface area contributed by atoms with E-state index in [1.54, 1.807) is 0 Å². The first-order valence-electron chi connectivity index (χ1n) is 12.4. The zero-order chi connectivity index (χ0) is 22.8. The lowest BCUT2D eigenvalue weighted by Gasteiger charge is -2.26. The average Bonchev–Trinajstić information content (AvgIpc) is 3.47. The lowest BCUT2D eigenvalue weighted by Crippen LogP contribution is -2.35. The quantitative estimate of drug-likeness (QED) is 0.572. The fourth-order valence-electron chi connectivity index (χ4n) is 5.48. The molecule has 174 valence electrons. The second-order valence-electron chi connectivity index (χ2n) is 9.53. The number of aromatic nitrogens is 4. The Morgan fingerprint density at radius 3 is 2.64 bits per heavy atom. The summed E-state index contributed by atoms with van der Waals surface area (Å²) in [6.45, 7) is 7.99. The van der Waals surface area contributed by atoms with Crippen LogP contribution in [0.5, 0.6) is 0 Å². The van der Waals surface area contributed by atoms with E-state index < -0.39 is 0 Å². The maximum absolute atomic E-state index is 12.7. The van der Waals surface area contributed by atoms with E-state index in [1.807, 2.05) is 21.8 Å². The zero-order valence-corrected chi connectivity index (χ0v) is 19.8. The van der Waals surface area contributed by atoms with Gasteiger partial charge in [0.1, 0.15) is 0 Å². The van der Waals surface area contributed by atoms with Crippen LogP contribution in [0.2, 0.25) is 0 Å². The van der Waals surface area contributed by atoms with Crippen molar-refractivity contribution in [2.75, 3.05) is 19.6 Å². The molecule has 7 heteroatoms. The molecule has 0 aliphatic carbocycles. The molecule has 0 bridgehead atoms. The van der Waals surface area contributed by atoms with Gasteiger partial charge in [-0.1, -0.05) is 0 Å². The third kappa shape index (κ3) is 4.64. The fourth-order valence-corrected chi connectivity index (χ4v) is 5.48. The molecule has 33 heavy (non-hydrogen) atoms. The summed E-state index contributed by atoms with van der Waals surface area (Å²) in [6.07, 6.45) is 10.8. The number of piperidine rings is 1. The number of aryl methyl sites for hydroxylation is 2. The third-order valence-corrected chi connectivity index (χ3v) is 7.32. The minimum absolute atomic E-state index is 0.271. The van der Waals surface area contributed by atoms with E-state index >= 15 is 0 Å². The largest absolute Gasteiger partial charge is 0.343 e. The van der Waals surface area contributed by atoms with Crippen molar-refractivity contribution in [3.63, 3.8) is 0 Å². The standard InChI is InChI=1S/C26H34N6O/c1-19-22(8-9-26(33)30-14-4-3-5-15-30)20(2)32-25(28-19)17-23(29-32)24-7-6-16-31(24)18-21-10-12-27-13-11-21/h10-13,17,24H,3-9,14-16,18H2,1-2H3/t24-/m1/s1. The summed E-state index contributed by atoms with van der Waals surface area (Å²) in [4.78, 5) is 26.3. The number of amides is 1. The number of carbonyl (C=O) groups is 1. The van der Waals surface area contributed by atoms with Crippen LogP contribution in [-0.2, 0) is 17.8 Å². The Morgan fingerprint density at radius 2 is 1.85 bits per heavy atom. The molecule has 0 N–H and O–H groups in total. The van der Waals surface area contributed by atoms with Crippen LogP contribution in [0.1, 0.15) is 72.8 Å². The van der Waals surface area contributed by atoms with Crippen molar-refractivity contribution in [1.29, 1.82) is 0 Å². The molecule has 0 saturated carbocycles. The van der Waals surface area contributed by atoms with Gasteiger partial charge in [0.15, 0.2) is 5.65 Å². The number of fused-ring (bicyclic) bond motifs is 1. The van der Waals surface area contributed by atoms with Gasteiger partial charge in [-0.2, -0.15) is 5.10 Å². The summed E-state index contributed by atoms with van der Waals surface area (Å²) in [5.74, 6) is 0.271. The number of likely N-dealkylation sites (tertiary alicyclic amines) is 2. The summed E-state index contributed by atoms with van der Waals surface area (Å²) < 4.78 is 1.99. The van der Waals surface area contributed by atoms with Crippen molar-refractivity contribution in [3.05, 3.63) is 58.8 Å². The van der Waals surface area contributed by atoms with E-state index in [1.165, 1.54) is 18.4 Å². The number of hydrogen-bond donors (Lipinski definition) is 0. The Morgan fingerprint density at radius 1 is 1.06 bits per heavy atom. The van der Waals surface area contributed by atoms with Crippen LogP contribution >= 0.6 is 0 Å². The normalized spacial score (nSPS) is 19.5. The van der Waals surface area contributed by atoms with Gasteiger partial charge in [0.2, 0.25) is 5.91 Å². The molecule has 5 rings (SSSR count). The summed E-state index contributed by atoms with van der Waals surface area (Å²) in [5, 5.41) is 5.01. The molecule has 0 spiro atoms. The maximum Gasteiger partial charge on any atom is 0.222 e. The molecular formula is C26H34N6O. The highest BCUT2D eigenvalue weighted by Crippen LogP contribution is 2.33. The van der Waals surface area contributed by atoms with Crippen molar-refractivity contribution in [2.45, 2.75) is 71.4 Å². The molecule has 2 fully saturated rings. The van der Waals surface area contributed by atoms with Gasteiger partial charge in [-0.25, -0.2) is 9.50 Å². The van der Waals surface area contributed by atoms with Gasteiger partial charge < -0.3 is 4.90 Å². The van der Waals surface area contributed by atoms with Crippen molar-refractivity contribution >= 4 is 11.6 Å². The highest BCUT2D eigenvalue weighted by molar-refractivity contribution is 5.76. The van der Waals surface area contributed by atoms with E-state index in [4.69, 9.17) is 10.1 Å².